The molecule has 0 bridgehead atoms. The monoisotopic (exact) mass is 211 g/mol. The summed E-state index contributed by atoms with van der Waals surface area (Å²) in [6.07, 6.45) is 8.04. The van der Waals surface area contributed by atoms with Gasteiger partial charge in [-0.1, -0.05) is 33.1 Å². The quantitative estimate of drug-likeness (QED) is 0.733. The molecule has 0 aromatic heterocycles. The van der Waals surface area contributed by atoms with Crippen LogP contribution in [-0.2, 0) is 4.79 Å². The summed E-state index contributed by atoms with van der Waals surface area (Å²) >= 11 is 0. The highest BCUT2D eigenvalue weighted by atomic mass is 16.1. The zero-order valence-corrected chi connectivity index (χ0v) is 10.2. The third-order valence-electron chi connectivity index (χ3n) is 3.39. The van der Waals surface area contributed by atoms with Crippen LogP contribution in [0.25, 0.3) is 0 Å². The van der Waals surface area contributed by atoms with E-state index in [0.717, 1.165) is 32.1 Å². The SMILES string of the molecule is CC(C)CCCC(=O)CC1(N)CCCC1. The third kappa shape index (κ3) is 4.78. The van der Waals surface area contributed by atoms with Gasteiger partial charge in [-0.15, -0.1) is 0 Å². The Kier molecular flexibility index (Phi) is 4.78. The molecule has 0 aromatic rings. The summed E-state index contributed by atoms with van der Waals surface area (Å²) in [5.41, 5.74) is 6.03. The Morgan fingerprint density at radius 1 is 1.33 bits per heavy atom. The van der Waals surface area contributed by atoms with Crippen molar-refractivity contribution in [1.29, 1.82) is 0 Å². The van der Waals surface area contributed by atoms with Crippen LogP contribution in [0.4, 0.5) is 0 Å². The summed E-state index contributed by atoms with van der Waals surface area (Å²) in [5.74, 6) is 1.08. The molecule has 0 aromatic carbocycles. The highest BCUT2D eigenvalue weighted by molar-refractivity contribution is 5.79. The van der Waals surface area contributed by atoms with Crippen LogP contribution in [0.2, 0.25) is 0 Å². The van der Waals surface area contributed by atoms with E-state index in [1.807, 2.05) is 0 Å². The predicted molar refractivity (Wildman–Crippen MR) is 63.7 cm³/mol. The van der Waals surface area contributed by atoms with Gasteiger partial charge in [-0.05, 0) is 25.2 Å². The molecule has 1 rings (SSSR count). The van der Waals surface area contributed by atoms with Crippen molar-refractivity contribution in [2.24, 2.45) is 11.7 Å². The van der Waals surface area contributed by atoms with Gasteiger partial charge < -0.3 is 5.73 Å². The first kappa shape index (κ1) is 12.7. The number of carbonyl (C=O) groups is 1. The zero-order chi connectivity index (χ0) is 11.3. The van der Waals surface area contributed by atoms with Crippen molar-refractivity contribution in [2.75, 3.05) is 0 Å². The van der Waals surface area contributed by atoms with Crippen molar-refractivity contribution in [3.63, 3.8) is 0 Å². The fraction of sp³-hybridized carbons (Fsp3) is 0.923. The minimum Gasteiger partial charge on any atom is -0.325 e. The van der Waals surface area contributed by atoms with E-state index >= 15 is 0 Å². The first-order valence-corrected chi connectivity index (χ1v) is 6.32. The summed E-state index contributed by atoms with van der Waals surface area (Å²) < 4.78 is 0. The minimum atomic E-state index is -0.144. The number of Topliss-reactive ketones (excluding diaryl/α,β-unsaturated/α-hetero) is 1. The summed E-state index contributed by atoms with van der Waals surface area (Å²) in [4.78, 5) is 11.7. The Balaban J connectivity index is 2.18. The number of hydrogen-bond acceptors (Lipinski definition) is 2. The van der Waals surface area contributed by atoms with Crippen LogP contribution in [0.5, 0.6) is 0 Å². The average molecular weight is 211 g/mol. The van der Waals surface area contributed by atoms with Crippen LogP contribution in [0.3, 0.4) is 0 Å². The van der Waals surface area contributed by atoms with E-state index in [1.165, 1.54) is 12.8 Å². The van der Waals surface area contributed by atoms with E-state index in [1.54, 1.807) is 0 Å². The molecule has 1 aliphatic rings. The van der Waals surface area contributed by atoms with E-state index in [-0.39, 0.29) is 5.54 Å². The molecule has 2 N–H and O–H groups in total. The normalized spacial score (nSPS) is 19.7. The molecule has 0 saturated heterocycles. The maximum atomic E-state index is 11.7. The van der Waals surface area contributed by atoms with Crippen LogP contribution in [-0.4, -0.2) is 11.3 Å². The van der Waals surface area contributed by atoms with Crippen LogP contribution < -0.4 is 5.73 Å². The third-order valence-corrected chi connectivity index (χ3v) is 3.39. The van der Waals surface area contributed by atoms with Gasteiger partial charge in [-0.25, -0.2) is 0 Å². The highest BCUT2D eigenvalue weighted by Crippen LogP contribution is 2.30. The summed E-state index contributed by atoms with van der Waals surface area (Å²) in [5, 5.41) is 0. The Morgan fingerprint density at radius 2 is 1.93 bits per heavy atom. The zero-order valence-electron chi connectivity index (χ0n) is 10.2. The van der Waals surface area contributed by atoms with Gasteiger partial charge in [0.05, 0.1) is 0 Å². The van der Waals surface area contributed by atoms with Crippen molar-refractivity contribution in [2.45, 2.75) is 70.8 Å². The Bertz CT molecular complexity index is 205. The second kappa shape index (κ2) is 5.64. The first-order valence-electron chi connectivity index (χ1n) is 6.32. The maximum Gasteiger partial charge on any atom is 0.134 e. The molecule has 1 fully saturated rings. The van der Waals surface area contributed by atoms with Crippen LogP contribution in [0.1, 0.15) is 65.2 Å². The number of rotatable bonds is 6. The second-order valence-corrected chi connectivity index (χ2v) is 5.57. The van der Waals surface area contributed by atoms with Crippen LogP contribution >= 0.6 is 0 Å². The summed E-state index contributed by atoms with van der Waals surface area (Å²) in [6, 6.07) is 0. The van der Waals surface area contributed by atoms with Gasteiger partial charge in [0.2, 0.25) is 0 Å². The molecule has 0 amide bonds. The highest BCUT2D eigenvalue weighted by Gasteiger charge is 2.31. The minimum absolute atomic E-state index is 0.144. The lowest BCUT2D eigenvalue weighted by Gasteiger charge is -2.22. The van der Waals surface area contributed by atoms with Crippen molar-refractivity contribution >= 4 is 5.78 Å². The predicted octanol–water partition coefficient (Wildman–Crippen LogP) is 3.04. The van der Waals surface area contributed by atoms with Crippen molar-refractivity contribution in [3.8, 4) is 0 Å². The van der Waals surface area contributed by atoms with Gasteiger partial charge >= 0.3 is 0 Å². The second-order valence-electron chi connectivity index (χ2n) is 5.57. The van der Waals surface area contributed by atoms with E-state index in [4.69, 9.17) is 5.73 Å². The van der Waals surface area contributed by atoms with Gasteiger partial charge in [0.15, 0.2) is 0 Å². The molecule has 1 saturated carbocycles. The lowest BCUT2D eigenvalue weighted by Crippen LogP contribution is -2.38. The summed E-state index contributed by atoms with van der Waals surface area (Å²) in [6.45, 7) is 4.40. The topological polar surface area (TPSA) is 43.1 Å². The first-order chi connectivity index (χ1) is 7.02. The van der Waals surface area contributed by atoms with Crippen LogP contribution in [0.15, 0.2) is 0 Å². The molecule has 0 unspecified atom stereocenters. The van der Waals surface area contributed by atoms with E-state index in [9.17, 15) is 4.79 Å². The molecule has 0 radical (unpaired) electrons. The van der Waals surface area contributed by atoms with Crippen molar-refractivity contribution in [3.05, 3.63) is 0 Å². The molecule has 0 spiro atoms. The smallest absolute Gasteiger partial charge is 0.134 e. The molecular weight excluding hydrogens is 186 g/mol. The summed E-state index contributed by atoms with van der Waals surface area (Å²) in [7, 11) is 0. The Labute approximate surface area is 93.6 Å². The van der Waals surface area contributed by atoms with Gasteiger partial charge in [-0.3, -0.25) is 4.79 Å². The lowest BCUT2D eigenvalue weighted by atomic mass is 9.90. The molecule has 88 valence electrons. The van der Waals surface area contributed by atoms with Gasteiger partial charge in [0.25, 0.3) is 0 Å². The van der Waals surface area contributed by atoms with Gasteiger partial charge in [0, 0.05) is 18.4 Å². The van der Waals surface area contributed by atoms with Gasteiger partial charge in [0.1, 0.15) is 5.78 Å². The van der Waals surface area contributed by atoms with Crippen molar-refractivity contribution < 1.29 is 4.79 Å². The number of ketones is 1. The molecule has 1 aliphatic carbocycles. The van der Waals surface area contributed by atoms with Gasteiger partial charge in [-0.2, -0.15) is 0 Å². The number of nitrogens with two attached hydrogens (primary N) is 1. The van der Waals surface area contributed by atoms with E-state index in [2.05, 4.69) is 13.8 Å². The van der Waals surface area contributed by atoms with E-state index < -0.39 is 0 Å². The largest absolute Gasteiger partial charge is 0.325 e. The number of carbonyl (C=O) groups excluding carboxylic acids is 1. The molecule has 0 atom stereocenters. The van der Waals surface area contributed by atoms with E-state index in [0.29, 0.717) is 18.1 Å². The standard InChI is InChI=1S/C13H25NO/c1-11(2)6-5-7-12(15)10-13(14)8-3-4-9-13/h11H,3-10,14H2,1-2H3. The Hall–Kier alpha value is -0.370. The molecule has 15 heavy (non-hydrogen) atoms. The molecular formula is C13H25NO. The molecule has 0 heterocycles. The lowest BCUT2D eigenvalue weighted by molar-refractivity contribution is -0.120. The molecule has 2 heteroatoms. The fourth-order valence-corrected chi connectivity index (χ4v) is 2.44. The maximum absolute atomic E-state index is 11.7. The molecule has 0 aliphatic heterocycles. The Morgan fingerprint density at radius 3 is 2.47 bits per heavy atom. The molecule has 2 nitrogen and oxygen atoms in total. The fourth-order valence-electron chi connectivity index (χ4n) is 2.44. The average Bonchev–Trinajstić information content (AvgIpc) is 2.50. The van der Waals surface area contributed by atoms with Crippen molar-refractivity contribution in [1.82, 2.24) is 0 Å². The number of hydrogen-bond donors (Lipinski definition) is 1. The van der Waals surface area contributed by atoms with Crippen LogP contribution in [0, 0.1) is 5.92 Å².